The third kappa shape index (κ3) is 5.20. The summed E-state index contributed by atoms with van der Waals surface area (Å²) in [6.45, 7) is 1.25. The first kappa shape index (κ1) is 25.7. The van der Waals surface area contributed by atoms with Gasteiger partial charge in [0.05, 0.1) is 37.6 Å². The second-order valence-electron chi connectivity index (χ2n) is 9.51. The number of rotatable bonds is 7. The number of hydrogen-bond acceptors (Lipinski definition) is 5. The van der Waals surface area contributed by atoms with Crippen LogP contribution in [0.3, 0.4) is 0 Å². The summed E-state index contributed by atoms with van der Waals surface area (Å²) < 4.78 is 44.2. The molecule has 0 aromatic heterocycles. The van der Waals surface area contributed by atoms with E-state index in [9.17, 15) is 23.1 Å². The first-order valence-corrected chi connectivity index (χ1v) is 12.1. The molecule has 0 unspecified atom stereocenters. The molecule has 3 aromatic carbocycles. The highest BCUT2D eigenvalue weighted by molar-refractivity contribution is 6.12. The molecule has 6 nitrogen and oxygen atoms in total. The summed E-state index contributed by atoms with van der Waals surface area (Å²) in [5.41, 5.74) is 1.92. The predicted molar refractivity (Wildman–Crippen MR) is 136 cm³/mol. The third-order valence-corrected chi connectivity index (χ3v) is 6.85. The molecule has 0 aliphatic carbocycles. The normalized spacial score (nSPS) is 16.8. The molecule has 2 aliphatic heterocycles. The highest BCUT2D eigenvalue weighted by atomic mass is 19.4. The Bertz CT molecular complexity index is 1360. The second kappa shape index (κ2) is 10.1. The van der Waals surface area contributed by atoms with E-state index in [0.29, 0.717) is 34.5 Å². The molecule has 9 heteroatoms. The summed E-state index contributed by atoms with van der Waals surface area (Å²) in [5, 5.41) is 22.6. The second-order valence-corrected chi connectivity index (χ2v) is 9.51. The Labute approximate surface area is 217 Å². The number of carbonyl (C=O) groups is 1. The minimum Gasteiger partial charge on any atom is -0.382 e. The topological polar surface area (TPSA) is 85.7 Å². The van der Waals surface area contributed by atoms with E-state index in [1.54, 1.807) is 29.2 Å². The van der Waals surface area contributed by atoms with Crippen LogP contribution in [-0.4, -0.2) is 47.9 Å². The molecule has 0 saturated carbocycles. The minimum absolute atomic E-state index is 0.0622. The highest BCUT2D eigenvalue weighted by Gasteiger charge is 2.38. The van der Waals surface area contributed by atoms with Gasteiger partial charge in [0.2, 0.25) is 0 Å². The van der Waals surface area contributed by atoms with Gasteiger partial charge in [0, 0.05) is 23.4 Å². The van der Waals surface area contributed by atoms with E-state index in [1.165, 1.54) is 12.1 Å². The van der Waals surface area contributed by atoms with Crippen molar-refractivity contribution < 1.29 is 27.8 Å². The standard InChI is InChI=1S/C29H26F3N3O3/c30-29(31,32)23-12-6-20(7-13-23)26(33)24-15-35(16-25(24)34-14-19-4-2-1-3-5-19)27(36)21-8-10-22(11-9-21)28(37)17-38-18-28/h1-13,33-34,37H,14-18H2. The molecule has 2 aliphatic rings. The number of halogens is 3. The molecule has 1 amide bonds. The van der Waals surface area contributed by atoms with Gasteiger partial charge in [-0.05, 0) is 41.0 Å². The molecule has 0 bridgehead atoms. The van der Waals surface area contributed by atoms with Crippen molar-refractivity contribution in [3.8, 4) is 0 Å². The van der Waals surface area contributed by atoms with Crippen LogP contribution in [0.25, 0.3) is 0 Å². The Morgan fingerprint density at radius 1 is 0.947 bits per heavy atom. The zero-order chi connectivity index (χ0) is 26.9. The van der Waals surface area contributed by atoms with E-state index >= 15 is 0 Å². The monoisotopic (exact) mass is 521 g/mol. The van der Waals surface area contributed by atoms with Crippen molar-refractivity contribution in [3.05, 3.63) is 118 Å². The quantitative estimate of drug-likeness (QED) is 0.400. The Morgan fingerprint density at radius 2 is 1.58 bits per heavy atom. The van der Waals surface area contributed by atoms with Crippen LogP contribution in [0.5, 0.6) is 0 Å². The summed E-state index contributed by atoms with van der Waals surface area (Å²) in [6.07, 6.45) is -4.46. The molecule has 0 atom stereocenters. The van der Waals surface area contributed by atoms with Crippen LogP contribution in [-0.2, 0) is 23.1 Å². The maximum Gasteiger partial charge on any atom is 0.416 e. The molecule has 0 spiro atoms. The largest absolute Gasteiger partial charge is 0.416 e. The molecule has 5 rings (SSSR count). The lowest BCUT2D eigenvalue weighted by Gasteiger charge is -2.36. The summed E-state index contributed by atoms with van der Waals surface area (Å²) >= 11 is 0. The van der Waals surface area contributed by atoms with Gasteiger partial charge in [-0.1, -0.05) is 54.6 Å². The fourth-order valence-electron chi connectivity index (χ4n) is 4.54. The van der Waals surface area contributed by atoms with Crippen molar-refractivity contribution in [1.82, 2.24) is 10.2 Å². The Hall–Kier alpha value is -3.95. The van der Waals surface area contributed by atoms with Gasteiger partial charge in [0.25, 0.3) is 5.91 Å². The van der Waals surface area contributed by atoms with Gasteiger partial charge < -0.3 is 20.1 Å². The lowest BCUT2D eigenvalue weighted by Crippen LogP contribution is -2.46. The minimum atomic E-state index is -4.46. The Morgan fingerprint density at radius 3 is 2.16 bits per heavy atom. The van der Waals surface area contributed by atoms with Crippen LogP contribution >= 0.6 is 0 Å². The Kier molecular flexibility index (Phi) is 6.81. The number of nitrogens with one attached hydrogen (secondary N) is 2. The number of hydrogen-bond donors (Lipinski definition) is 3. The Balaban J connectivity index is 1.37. The molecule has 1 saturated heterocycles. The number of ether oxygens (including phenoxy) is 1. The molecular weight excluding hydrogens is 495 g/mol. The molecule has 196 valence electrons. The van der Waals surface area contributed by atoms with Crippen molar-refractivity contribution >= 4 is 11.6 Å². The first-order valence-electron chi connectivity index (χ1n) is 12.1. The molecule has 1 fully saturated rings. The summed E-state index contributed by atoms with van der Waals surface area (Å²) in [5.74, 6) is -0.248. The smallest absolute Gasteiger partial charge is 0.382 e. The van der Waals surface area contributed by atoms with E-state index in [2.05, 4.69) is 5.32 Å². The molecular formula is C29H26F3N3O3. The van der Waals surface area contributed by atoms with Crippen molar-refractivity contribution in [3.63, 3.8) is 0 Å². The van der Waals surface area contributed by atoms with Gasteiger partial charge in [-0.2, -0.15) is 13.2 Å². The number of aliphatic hydroxyl groups is 1. The fraction of sp³-hybridized carbons (Fsp3) is 0.241. The number of nitrogens with zero attached hydrogens (tertiary/aromatic N) is 1. The molecule has 3 aromatic rings. The van der Waals surface area contributed by atoms with Crippen LogP contribution in [0.1, 0.15) is 32.6 Å². The van der Waals surface area contributed by atoms with Gasteiger partial charge in [-0.15, -0.1) is 0 Å². The lowest BCUT2D eigenvalue weighted by molar-refractivity contribution is -0.184. The van der Waals surface area contributed by atoms with Gasteiger partial charge in [0.1, 0.15) is 5.60 Å². The molecule has 0 radical (unpaired) electrons. The van der Waals surface area contributed by atoms with Crippen LogP contribution in [0, 0.1) is 5.41 Å². The van der Waals surface area contributed by atoms with Crippen LogP contribution in [0.2, 0.25) is 0 Å². The van der Waals surface area contributed by atoms with E-state index in [4.69, 9.17) is 10.1 Å². The SMILES string of the molecule is N=C(C1=C(NCc2ccccc2)CN(C(=O)c2ccc(C3(O)COC3)cc2)C1)c1ccc(C(F)(F)F)cc1. The van der Waals surface area contributed by atoms with Crippen LogP contribution in [0.15, 0.2) is 90.1 Å². The first-order chi connectivity index (χ1) is 18.1. The van der Waals surface area contributed by atoms with E-state index in [0.717, 1.165) is 17.7 Å². The van der Waals surface area contributed by atoms with Crippen molar-refractivity contribution in [1.29, 1.82) is 5.41 Å². The fourth-order valence-corrected chi connectivity index (χ4v) is 4.54. The molecule has 38 heavy (non-hydrogen) atoms. The van der Waals surface area contributed by atoms with Crippen molar-refractivity contribution in [2.24, 2.45) is 0 Å². The summed E-state index contributed by atoms with van der Waals surface area (Å²) in [7, 11) is 0. The van der Waals surface area contributed by atoms with Gasteiger partial charge in [-0.3, -0.25) is 10.2 Å². The predicted octanol–water partition coefficient (Wildman–Crippen LogP) is 4.49. The van der Waals surface area contributed by atoms with Crippen molar-refractivity contribution in [2.45, 2.75) is 18.3 Å². The van der Waals surface area contributed by atoms with Crippen LogP contribution < -0.4 is 5.32 Å². The van der Waals surface area contributed by atoms with Gasteiger partial charge >= 0.3 is 6.18 Å². The number of carbonyl (C=O) groups excluding carboxylic acids is 1. The maximum absolute atomic E-state index is 13.4. The van der Waals surface area contributed by atoms with E-state index < -0.39 is 17.3 Å². The summed E-state index contributed by atoms with van der Waals surface area (Å²) in [6, 6.07) is 20.9. The lowest BCUT2D eigenvalue weighted by atomic mass is 9.91. The molecule has 3 N–H and O–H groups in total. The van der Waals surface area contributed by atoms with Crippen molar-refractivity contribution in [2.75, 3.05) is 26.3 Å². The van der Waals surface area contributed by atoms with E-state index in [-0.39, 0.29) is 37.9 Å². The zero-order valence-electron chi connectivity index (χ0n) is 20.4. The number of benzene rings is 3. The number of amides is 1. The summed E-state index contributed by atoms with van der Waals surface area (Å²) in [4.78, 5) is 15.0. The van der Waals surface area contributed by atoms with Crippen LogP contribution in [0.4, 0.5) is 13.2 Å². The van der Waals surface area contributed by atoms with Gasteiger partial charge in [0.15, 0.2) is 0 Å². The third-order valence-electron chi connectivity index (χ3n) is 6.85. The van der Waals surface area contributed by atoms with Gasteiger partial charge in [-0.25, -0.2) is 0 Å². The maximum atomic E-state index is 13.4. The average molecular weight is 522 g/mol. The van der Waals surface area contributed by atoms with E-state index in [1.807, 2.05) is 30.3 Å². The zero-order valence-corrected chi connectivity index (χ0v) is 20.4. The number of alkyl halides is 3. The highest BCUT2D eigenvalue weighted by Crippen LogP contribution is 2.31. The average Bonchev–Trinajstić information content (AvgIpc) is 3.34. The molecule has 2 heterocycles.